The van der Waals surface area contributed by atoms with Gasteiger partial charge in [0, 0.05) is 26.5 Å². The van der Waals surface area contributed by atoms with Gasteiger partial charge in [0.1, 0.15) is 0 Å². The Balaban J connectivity index is 2.01. The van der Waals surface area contributed by atoms with Crippen LogP contribution in [0.15, 0.2) is 30.3 Å². The Hall–Kier alpha value is -1.80. The number of benzene rings is 1. The van der Waals surface area contributed by atoms with Crippen LogP contribution in [0.25, 0.3) is 6.08 Å². The Morgan fingerprint density at radius 2 is 1.74 bits per heavy atom. The number of carbonyl (C=O) groups is 2. The van der Waals surface area contributed by atoms with Crippen LogP contribution in [-0.4, -0.2) is 42.1 Å². The third-order valence-electron chi connectivity index (χ3n) is 3.76. The van der Waals surface area contributed by atoms with Crippen molar-refractivity contribution in [2.75, 3.05) is 21.3 Å². The molecule has 0 N–H and O–H groups in total. The molecule has 0 saturated carbocycles. The zero-order valence-corrected chi connectivity index (χ0v) is 14.4. The first-order chi connectivity index (χ1) is 11.0. The van der Waals surface area contributed by atoms with Crippen molar-refractivity contribution >= 4 is 32.0 Å². The number of ether oxygens (including phenoxy) is 1. The van der Waals surface area contributed by atoms with E-state index in [1.54, 1.807) is 21.3 Å². The van der Waals surface area contributed by atoms with Gasteiger partial charge in [-0.05, 0) is 12.0 Å². The Labute approximate surface area is 136 Å². The van der Waals surface area contributed by atoms with Crippen LogP contribution >= 0.6 is 0 Å². The Morgan fingerprint density at radius 3 is 2.22 bits per heavy atom. The largest absolute Gasteiger partial charge is 0.536 e. The maximum Gasteiger partial charge on any atom is 0.536 e. The lowest BCUT2D eigenvalue weighted by Crippen LogP contribution is -2.54. The van der Waals surface area contributed by atoms with Crippen LogP contribution in [-0.2, 0) is 27.6 Å². The van der Waals surface area contributed by atoms with Crippen molar-refractivity contribution in [2.24, 2.45) is 5.92 Å². The Bertz CT molecular complexity index is 583. The molecule has 0 aromatic heterocycles. The number of esters is 2. The third-order valence-corrected chi connectivity index (χ3v) is 6.41. The van der Waals surface area contributed by atoms with Crippen molar-refractivity contribution in [3.8, 4) is 0 Å². The van der Waals surface area contributed by atoms with Crippen molar-refractivity contribution in [1.29, 1.82) is 0 Å². The molecule has 1 saturated heterocycles. The maximum atomic E-state index is 11.4. The van der Waals surface area contributed by atoms with Gasteiger partial charge in [0.05, 0.1) is 12.3 Å². The normalized spacial score (nSPS) is 18.7. The lowest BCUT2D eigenvalue weighted by Gasteiger charge is -2.24. The molecule has 1 unspecified atom stereocenters. The van der Waals surface area contributed by atoms with E-state index in [1.807, 2.05) is 36.4 Å². The van der Waals surface area contributed by atoms with E-state index in [1.165, 1.54) is 0 Å². The minimum absolute atomic E-state index is 0.158. The quantitative estimate of drug-likeness (QED) is 0.424. The van der Waals surface area contributed by atoms with Crippen LogP contribution in [0.2, 0.25) is 0 Å². The minimum Gasteiger partial charge on any atom is -0.393 e. The molecule has 0 bridgehead atoms. The fourth-order valence-electron chi connectivity index (χ4n) is 2.47. The monoisotopic (exact) mass is 336 g/mol. The molecule has 1 aliphatic rings. The van der Waals surface area contributed by atoms with Gasteiger partial charge in [-0.25, -0.2) is 0 Å². The number of carbonyl (C=O) groups excluding carboxylic acids is 2. The molecule has 1 fully saturated rings. The van der Waals surface area contributed by atoms with Gasteiger partial charge >= 0.3 is 20.7 Å². The van der Waals surface area contributed by atoms with Gasteiger partial charge in [0.15, 0.2) is 0 Å². The van der Waals surface area contributed by atoms with Crippen molar-refractivity contribution < 1.29 is 27.6 Å². The summed E-state index contributed by atoms with van der Waals surface area (Å²) in [5, 5.41) is 0.868. The van der Waals surface area contributed by atoms with Crippen molar-refractivity contribution in [3.63, 3.8) is 0 Å². The van der Waals surface area contributed by atoms with Gasteiger partial charge in [-0.3, -0.25) is 9.59 Å². The molecule has 1 heterocycles. The Kier molecular flexibility index (Phi) is 5.84. The first-order valence-corrected chi connectivity index (χ1v) is 8.94. The molecule has 0 spiro atoms. The zero-order valence-electron chi connectivity index (χ0n) is 13.4. The summed E-state index contributed by atoms with van der Waals surface area (Å²) in [7, 11) is 1.89. The molecule has 0 aliphatic carbocycles. The molecule has 1 aliphatic heterocycles. The third kappa shape index (κ3) is 3.94. The average Bonchev–Trinajstić information content (AvgIpc) is 2.89. The second-order valence-corrected chi connectivity index (χ2v) is 8.04. The molecule has 23 heavy (non-hydrogen) atoms. The first-order valence-electron chi connectivity index (χ1n) is 7.21. The van der Waals surface area contributed by atoms with Crippen LogP contribution in [0.3, 0.4) is 0 Å². The van der Waals surface area contributed by atoms with Gasteiger partial charge in [0.25, 0.3) is 0 Å². The van der Waals surface area contributed by atoms with E-state index in [4.69, 9.17) is 13.3 Å². The van der Waals surface area contributed by atoms with Crippen molar-refractivity contribution in [2.45, 2.75) is 12.8 Å². The van der Waals surface area contributed by atoms with Gasteiger partial charge in [-0.2, -0.15) is 0 Å². The lowest BCUT2D eigenvalue weighted by atomic mass is 10.0. The molecule has 2 rings (SSSR count). The topological polar surface area (TPSA) is 71.1 Å². The van der Waals surface area contributed by atoms with Crippen LogP contribution < -0.4 is 5.19 Å². The molecule has 6 nitrogen and oxygen atoms in total. The summed E-state index contributed by atoms with van der Waals surface area (Å²) in [6.07, 6.45) is 4.41. The number of hydrogen-bond donors (Lipinski definition) is 0. The summed E-state index contributed by atoms with van der Waals surface area (Å²) in [5.74, 6) is -1.25. The second kappa shape index (κ2) is 7.65. The average molecular weight is 336 g/mol. The van der Waals surface area contributed by atoms with Crippen molar-refractivity contribution in [1.82, 2.24) is 0 Å². The molecule has 7 heteroatoms. The van der Waals surface area contributed by atoms with Gasteiger partial charge < -0.3 is 18.0 Å². The predicted octanol–water partition coefficient (Wildman–Crippen LogP) is 1.26. The van der Waals surface area contributed by atoms with Crippen LogP contribution in [0, 0.1) is 5.92 Å². The minimum atomic E-state index is -2.81. The summed E-state index contributed by atoms with van der Waals surface area (Å²) in [4.78, 5) is 22.4. The fraction of sp³-hybridized carbons (Fsp3) is 0.375. The zero-order chi connectivity index (χ0) is 16.9. The Morgan fingerprint density at radius 1 is 1.13 bits per heavy atom. The standard InChI is InChI=1S/C16H20O6Si/c1-19-23(20-2,21-3)14-9-7-12(8-10-14)5-4-6-13-11-15(17)22-16(13)18/h4-5,7-10,13H,6,11H2,1-3H3. The lowest BCUT2D eigenvalue weighted by molar-refractivity contribution is -0.153. The van der Waals surface area contributed by atoms with E-state index in [0.29, 0.717) is 6.42 Å². The molecule has 1 atom stereocenters. The summed E-state index contributed by atoms with van der Waals surface area (Å²) in [6, 6.07) is 7.64. The summed E-state index contributed by atoms with van der Waals surface area (Å²) < 4.78 is 20.8. The van der Waals surface area contributed by atoms with Gasteiger partial charge in [-0.1, -0.05) is 36.4 Å². The summed E-state index contributed by atoms with van der Waals surface area (Å²) >= 11 is 0. The smallest absolute Gasteiger partial charge is 0.393 e. The molecular weight excluding hydrogens is 316 g/mol. The summed E-state index contributed by atoms with van der Waals surface area (Å²) in [6.45, 7) is 0. The van der Waals surface area contributed by atoms with E-state index in [2.05, 4.69) is 4.74 Å². The highest BCUT2D eigenvalue weighted by atomic mass is 28.4. The second-order valence-electron chi connectivity index (χ2n) is 5.12. The number of allylic oxidation sites excluding steroid dienone is 1. The molecule has 124 valence electrons. The highest BCUT2D eigenvalue weighted by Gasteiger charge is 2.40. The molecule has 1 aromatic carbocycles. The van der Waals surface area contributed by atoms with Crippen molar-refractivity contribution in [3.05, 3.63) is 35.9 Å². The highest BCUT2D eigenvalue weighted by Crippen LogP contribution is 2.20. The molecule has 1 aromatic rings. The SMILES string of the molecule is CO[Si](OC)(OC)c1ccc(C=CCC2CC(=O)OC2=O)cc1. The predicted molar refractivity (Wildman–Crippen MR) is 85.7 cm³/mol. The number of hydrogen-bond acceptors (Lipinski definition) is 6. The van der Waals surface area contributed by atoms with E-state index >= 15 is 0 Å². The first kappa shape index (κ1) is 17.5. The van der Waals surface area contributed by atoms with E-state index < -0.39 is 20.7 Å². The highest BCUT2D eigenvalue weighted by molar-refractivity contribution is 6.75. The van der Waals surface area contributed by atoms with E-state index in [0.717, 1.165) is 10.8 Å². The van der Waals surface area contributed by atoms with Crippen LogP contribution in [0.1, 0.15) is 18.4 Å². The van der Waals surface area contributed by atoms with Gasteiger partial charge in [-0.15, -0.1) is 0 Å². The molecule has 0 radical (unpaired) electrons. The molecule has 0 amide bonds. The van der Waals surface area contributed by atoms with Crippen LogP contribution in [0.4, 0.5) is 0 Å². The molecular formula is C16H20O6Si. The van der Waals surface area contributed by atoms with E-state index in [9.17, 15) is 9.59 Å². The maximum absolute atomic E-state index is 11.4. The fourth-order valence-corrected chi connectivity index (χ4v) is 4.25. The number of rotatable bonds is 7. The van der Waals surface area contributed by atoms with Gasteiger partial charge in [0.2, 0.25) is 0 Å². The number of cyclic esters (lactones) is 2. The van der Waals surface area contributed by atoms with E-state index in [-0.39, 0.29) is 12.3 Å². The summed E-state index contributed by atoms with van der Waals surface area (Å²) in [5.41, 5.74) is 0.970. The van der Waals surface area contributed by atoms with Crippen LogP contribution in [0.5, 0.6) is 0 Å².